The van der Waals surface area contributed by atoms with Gasteiger partial charge in [0.1, 0.15) is 11.6 Å². The minimum atomic E-state index is -1.12. The van der Waals surface area contributed by atoms with Crippen molar-refractivity contribution in [3.05, 3.63) is 35.7 Å². The number of carboxylic acids is 1. The number of amides is 1. The number of carboxylic acid groups (broad SMARTS) is 1. The average molecular weight is 293 g/mol. The first-order valence-corrected chi connectivity index (χ1v) is 6.64. The first kappa shape index (κ1) is 15.0. The number of halogens is 1. The number of rotatable bonds is 7. The van der Waals surface area contributed by atoms with E-state index in [1.54, 1.807) is 0 Å². The molecule has 2 N–H and O–H groups in total. The summed E-state index contributed by atoms with van der Waals surface area (Å²) in [6.45, 7) is 0.455. The predicted octanol–water partition coefficient (Wildman–Crippen LogP) is 1.83. The fourth-order valence-electron chi connectivity index (χ4n) is 1.71. The quantitative estimate of drug-likeness (QED) is 0.752. The topological polar surface area (TPSA) is 75.6 Å². The lowest BCUT2D eigenvalue weighted by Crippen LogP contribution is -2.30. The van der Waals surface area contributed by atoms with Crippen molar-refractivity contribution in [2.75, 3.05) is 13.2 Å². The van der Waals surface area contributed by atoms with Crippen molar-refractivity contribution >= 4 is 18.0 Å². The number of carbonyl (C=O) groups is 2. The zero-order valence-corrected chi connectivity index (χ0v) is 11.3. The lowest BCUT2D eigenvalue weighted by atomic mass is 10.2. The lowest BCUT2D eigenvalue weighted by molar-refractivity contribution is -0.131. The van der Waals surface area contributed by atoms with E-state index < -0.39 is 11.8 Å². The Hall–Kier alpha value is -2.37. The van der Waals surface area contributed by atoms with Gasteiger partial charge in [-0.15, -0.1) is 0 Å². The Kier molecular flexibility index (Phi) is 4.92. The summed E-state index contributed by atoms with van der Waals surface area (Å²) in [5.74, 6) is -1.18. The van der Waals surface area contributed by atoms with Crippen LogP contribution in [0.25, 0.3) is 6.08 Å². The monoisotopic (exact) mass is 293 g/mol. The lowest BCUT2D eigenvalue weighted by Gasteiger charge is -2.08. The van der Waals surface area contributed by atoms with Gasteiger partial charge in [0, 0.05) is 18.7 Å². The van der Waals surface area contributed by atoms with Crippen molar-refractivity contribution in [3.8, 4) is 5.75 Å². The largest absolute Gasteiger partial charge is 0.484 e. The molecule has 1 aliphatic rings. The molecule has 1 aromatic rings. The highest BCUT2D eigenvalue weighted by molar-refractivity contribution is 5.85. The fraction of sp³-hybridized carbons (Fsp3) is 0.333. The fourth-order valence-corrected chi connectivity index (χ4v) is 1.71. The maximum Gasteiger partial charge on any atom is 0.328 e. The van der Waals surface area contributed by atoms with Gasteiger partial charge in [-0.1, -0.05) is 0 Å². The highest BCUT2D eigenvalue weighted by atomic mass is 19.1. The molecule has 0 aromatic heterocycles. The number of benzene rings is 1. The first-order valence-electron chi connectivity index (χ1n) is 6.64. The predicted molar refractivity (Wildman–Crippen MR) is 74.3 cm³/mol. The zero-order valence-electron chi connectivity index (χ0n) is 11.3. The number of carbonyl (C=O) groups excluding carboxylic acids is 1. The molecular weight excluding hydrogens is 277 g/mol. The maximum absolute atomic E-state index is 13.4. The van der Waals surface area contributed by atoms with Gasteiger partial charge in [-0.05, 0) is 42.5 Å². The van der Waals surface area contributed by atoms with Crippen LogP contribution < -0.4 is 10.1 Å². The van der Waals surface area contributed by atoms with E-state index in [1.807, 2.05) is 0 Å². The third-order valence-electron chi connectivity index (χ3n) is 2.97. The van der Waals surface area contributed by atoms with E-state index >= 15 is 0 Å². The summed E-state index contributed by atoms with van der Waals surface area (Å²) in [6, 6.07) is 3.79. The average Bonchev–Trinajstić information content (AvgIpc) is 3.24. The van der Waals surface area contributed by atoms with E-state index in [0.717, 1.165) is 25.0 Å². The van der Waals surface area contributed by atoms with Crippen LogP contribution in [0.3, 0.4) is 0 Å². The van der Waals surface area contributed by atoms with E-state index in [-0.39, 0.29) is 18.3 Å². The molecular formula is C15H16FNO4. The van der Waals surface area contributed by atoms with Gasteiger partial charge in [-0.25, -0.2) is 9.18 Å². The summed E-state index contributed by atoms with van der Waals surface area (Å²) in [6.07, 6.45) is 4.45. The summed E-state index contributed by atoms with van der Waals surface area (Å²) in [5, 5.41) is 11.3. The standard InChI is InChI=1S/C15H16FNO4/c16-12-5-11(3-4-15(19)20)6-13(7-12)21-9-14(18)17-8-10-1-2-10/h3-7,10H,1-2,8-9H2,(H,17,18)(H,19,20)/b4-3+. The van der Waals surface area contributed by atoms with Gasteiger partial charge in [0.15, 0.2) is 6.61 Å². The molecule has 2 rings (SSSR count). The molecule has 1 aromatic carbocycles. The normalized spacial score (nSPS) is 14.1. The smallest absolute Gasteiger partial charge is 0.328 e. The summed E-state index contributed by atoms with van der Waals surface area (Å²) >= 11 is 0. The van der Waals surface area contributed by atoms with Crippen LogP contribution >= 0.6 is 0 Å². The molecule has 0 spiro atoms. The van der Waals surface area contributed by atoms with Crippen LogP contribution in [0.15, 0.2) is 24.3 Å². The second-order valence-electron chi connectivity index (χ2n) is 4.93. The van der Waals surface area contributed by atoms with Crippen LogP contribution in [-0.4, -0.2) is 30.1 Å². The second-order valence-corrected chi connectivity index (χ2v) is 4.93. The third kappa shape index (κ3) is 5.64. The van der Waals surface area contributed by atoms with Gasteiger partial charge < -0.3 is 15.2 Å². The summed E-state index contributed by atoms with van der Waals surface area (Å²) in [7, 11) is 0. The Morgan fingerprint density at radius 2 is 2.14 bits per heavy atom. The van der Waals surface area contributed by atoms with Gasteiger partial charge in [0.05, 0.1) is 0 Å². The molecule has 1 fully saturated rings. The number of hydrogen-bond donors (Lipinski definition) is 2. The SMILES string of the molecule is O=C(O)/C=C/c1cc(F)cc(OCC(=O)NCC2CC2)c1. The van der Waals surface area contributed by atoms with Gasteiger partial charge in [-0.2, -0.15) is 0 Å². The Morgan fingerprint density at radius 1 is 1.38 bits per heavy atom. The number of nitrogens with one attached hydrogen (secondary N) is 1. The van der Waals surface area contributed by atoms with Crippen molar-refractivity contribution in [1.29, 1.82) is 0 Å². The second kappa shape index (κ2) is 6.88. The Bertz CT molecular complexity index is 567. The molecule has 1 saturated carbocycles. The number of hydrogen-bond acceptors (Lipinski definition) is 3. The van der Waals surface area contributed by atoms with Crippen LogP contribution in [0, 0.1) is 11.7 Å². The first-order chi connectivity index (χ1) is 10.0. The van der Waals surface area contributed by atoms with Crippen molar-refractivity contribution < 1.29 is 23.8 Å². The van der Waals surface area contributed by atoms with Gasteiger partial charge in [0.25, 0.3) is 5.91 Å². The molecule has 112 valence electrons. The highest BCUT2D eigenvalue weighted by Gasteiger charge is 2.21. The molecule has 21 heavy (non-hydrogen) atoms. The molecule has 6 heteroatoms. The van der Waals surface area contributed by atoms with Crippen molar-refractivity contribution in [1.82, 2.24) is 5.32 Å². The van der Waals surface area contributed by atoms with E-state index in [4.69, 9.17) is 9.84 Å². The Morgan fingerprint density at radius 3 is 2.81 bits per heavy atom. The molecule has 0 radical (unpaired) electrons. The third-order valence-corrected chi connectivity index (χ3v) is 2.97. The Balaban J connectivity index is 1.89. The van der Waals surface area contributed by atoms with E-state index in [0.29, 0.717) is 18.0 Å². The van der Waals surface area contributed by atoms with Crippen LogP contribution in [-0.2, 0) is 9.59 Å². The number of ether oxygens (including phenoxy) is 1. The van der Waals surface area contributed by atoms with Crippen LogP contribution in [0.4, 0.5) is 4.39 Å². The van der Waals surface area contributed by atoms with Crippen molar-refractivity contribution in [3.63, 3.8) is 0 Å². The minimum absolute atomic E-state index is 0.182. The molecule has 0 heterocycles. The molecule has 0 atom stereocenters. The minimum Gasteiger partial charge on any atom is -0.484 e. The van der Waals surface area contributed by atoms with E-state index in [9.17, 15) is 14.0 Å². The van der Waals surface area contributed by atoms with Gasteiger partial charge in [-0.3, -0.25) is 4.79 Å². The zero-order chi connectivity index (χ0) is 15.2. The molecule has 0 saturated heterocycles. The summed E-state index contributed by atoms with van der Waals surface area (Å²) in [5.41, 5.74) is 0.353. The van der Waals surface area contributed by atoms with Gasteiger partial charge in [0.2, 0.25) is 0 Å². The van der Waals surface area contributed by atoms with Crippen LogP contribution in [0.2, 0.25) is 0 Å². The molecule has 5 nitrogen and oxygen atoms in total. The molecule has 1 amide bonds. The van der Waals surface area contributed by atoms with Crippen molar-refractivity contribution in [2.45, 2.75) is 12.8 Å². The van der Waals surface area contributed by atoms with E-state index in [1.165, 1.54) is 18.2 Å². The van der Waals surface area contributed by atoms with E-state index in [2.05, 4.69) is 5.32 Å². The molecule has 0 bridgehead atoms. The number of aliphatic carboxylic acids is 1. The molecule has 0 unspecified atom stereocenters. The van der Waals surface area contributed by atoms with Gasteiger partial charge >= 0.3 is 5.97 Å². The Labute approximate surface area is 121 Å². The maximum atomic E-state index is 13.4. The summed E-state index contributed by atoms with van der Waals surface area (Å²) in [4.78, 5) is 21.9. The molecule has 0 aliphatic heterocycles. The summed E-state index contributed by atoms with van der Waals surface area (Å²) < 4.78 is 18.6. The highest BCUT2D eigenvalue weighted by Crippen LogP contribution is 2.27. The van der Waals surface area contributed by atoms with Crippen LogP contribution in [0.1, 0.15) is 18.4 Å². The molecule has 1 aliphatic carbocycles. The van der Waals surface area contributed by atoms with Crippen molar-refractivity contribution in [2.24, 2.45) is 5.92 Å². The van der Waals surface area contributed by atoms with Crippen LogP contribution in [0.5, 0.6) is 5.75 Å².